The van der Waals surface area contributed by atoms with Crippen molar-refractivity contribution in [1.82, 2.24) is 9.88 Å². The minimum Gasteiger partial charge on any atom is -0.287 e. The number of hydrogen-bond donors (Lipinski definition) is 0. The van der Waals surface area contributed by atoms with Crippen LogP contribution in [0.3, 0.4) is 0 Å². The van der Waals surface area contributed by atoms with E-state index in [0.29, 0.717) is 22.4 Å². The number of aryl methyl sites for hydroxylation is 1. The predicted octanol–water partition coefficient (Wildman–Crippen LogP) is 4.78. The van der Waals surface area contributed by atoms with Gasteiger partial charge < -0.3 is 0 Å². The molecule has 1 aromatic carbocycles. The summed E-state index contributed by atoms with van der Waals surface area (Å²) >= 11 is 4.84. The molecule has 4 nitrogen and oxygen atoms in total. The molecule has 0 aliphatic carbocycles. The zero-order valence-corrected chi connectivity index (χ0v) is 15.8. The molecule has 1 fully saturated rings. The van der Waals surface area contributed by atoms with Crippen LogP contribution in [0.15, 0.2) is 56.8 Å². The van der Waals surface area contributed by atoms with Crippen molar-refractivity contribution in [3.63, 3.8) is 0 Å². The van der Waals surface area contributed by atoms with Gasteiger partial charge in [-0.3, -0.25) is 9.69 Å². The molecule has 1 saturated heterocycles. The van der Waals surface area contributed by atoms with Crippen LogP contribution in [0.2, 0.25) is 0 Å². The molecule has 0 radical (unpaired) electrons. The largest absolute Gasteiger partial charge is 0.287 e. The van der Waals surface area contributed by atoms with E-state index in [2.05, 4.69) is 25.9 Å². The van der Waals surface area contributed by atoms with E-state index in [9.17, 15) is 4.79 Å². The van der Waals surface area contributed by atoms with Crippen molar-refractivity contribution in [3.05, 3.63) is 63.1 Å². The Balaban J connectivity index is 1.94. The molecular formula is C18H16BrN3OS. The third-order valence-corrected chi connectivity index (χ3v) is 4.93. The number of aromatic nitrogens is 1. The number of rotatable bonds is 3. The van der Waals surface area contributed by atoms with Crippen molar-refractivity contribution in [2.24, 2.45) is 4.99 Å². The molecular weight excluding hydrogens is 386 g/mol. The quantitative estimate of drug-likeness (QED) is 0.695. The van der Waals surface area contributed by atoms with Gasteiger partial charge in [0.05, 0.1) is 4.91 Å². The molecule has 0 atom stereocenters. The molecule has 0 saturated carbocycles. The van der Waals surface area contributed by atoms with E-state index in [0.717, 1.165) is 15.7 Å². The number of amides is 1. The first-order valence-electron chi connectivity index (χ1n) is 7.56. The number of halogens is 1. The molecule has 1 aliphatic rings. The summed E-state index contributed by atoms with van der Waals surface area (Å²) < 4.78 is 0.984. The predicted molar refractivity (Wildman–Crippen MR) is 103 cm³/mol. The summed E-state index contributed by atoms with van der Waals surface area (Å²) in [4.78, 5) is 23.9. The molecule has 0 bridgehead atoms. The lowest BCUT2D eigenvalue weighted by Gasteiger charge is -2.11. The van der Waals surface area contributed by atoms with Gasteiger partial charge in [-0.1, -0.05) is 34.1 Å². The van der Waals surface area contributed by atoms with E-state index in [1.165, 1.54) is 11.8 Å². The second-order valence-corrected chi connectivity index (χ2v) is 7.17. The highest BCUT2D eigenvalue weighted by Crippen LogP contribution is 2.33. The van der Waals surface area contributed by atoms with Crippen LogP contribution in [0.25, 0.3) is 6.08 Å². The van der Waals surface area contributed by atoms with Crippen LogP contribution < -0.4 is 0 Å². The molecule has 6 heteroatoms. The maximum absolute atomic E-state index is 12.6. The van der Waals surface area contributed by atoms with Crippen LogP contribution in [0.4, 0.5) is 5.82 Å². The average molecular weight is 402 g/mol. The number of thioether (sulfide) groups is 1. The number of hydrogen-bond acceptors (Lipinski definition) is 4. The summed E-state index contributed by atoms with van der Waals surface area (Å²) in [5.41, 5.74) is 1.88. The Morgan fingerprint density at radius 3 is 2.79 bits per heavy atom. The number of carbonyl (C=O) groups is 1. The maximum Gasteiger partial charge on any atom is 0.266 e. The number of aliphatic imine (C=N–C) groups is 1. The normalized spacial score (nSPS) is 18.0. The van der Waals surface area contributed by atoms with Crippen LogP contribution in [0.5, 0.6) is 0 Å². The average Bonchev–Trinajstić information content (AvgIpc) is 2.82. The highest BCUT2D eigenvalue weighted by Gasteiger charge is 2.32. The van der Waals surface area contributed by atoms with Gasteiger partial charge in [0.25, 0.3) is 5.91 Å². The second kappa shape index (κ2) is 7.32. The smallest absolute Gasteiger partial charge is 0.266 e. The lowest BCUT2D eigenvalue weighted by Crippen LogP contribution is -2.28. The van der Waals surface area contributed by atoms with E-state index in [1.54, 1.807) is 4.90 Å². The number of amidine groups is 1. The monoisotopic (exact) mass is 401 g/mol. The van der Waals surface area contributed by atoms with E-state index in [1.807, 2.05) is 62.4 Å². The Hall–Kier alpha value is -1.92. The zero-order valence-electron chi connectivity index (χ0n) is 13.4. The van der Waals surface area contributed by atoms with Gasteiger partial charge in [0.1, 0.15) is 0 Å². The first-order chi connectivity index (χ1) is 11.6. The molecule has 24 heavy (non-hydrogen) atoms. The van der Waals surface area contributed by atoms with Crippen molar-refractivity contribution in [1.29, 1.82) is 0 Å². The molecule has 122 valence electrons. The number of pyridine rings is 1. The molecule has 0 unspecified atom stereocenters. The van der Waals surface area contributed by atoms with Gasteiger partial charge in [-0.2, -0.15) is 0 Å². The molecule has 0 spiro atoms. The fourth-order valence-corrected chi connectivity index (χ4v) is 3.77. The van der Waals surface area contributed by atoms with Crippen molar-refractivity contribution < 1.29 is 4.79 Å². The Morgan fingerprint density at radius 2 is 2.08 bits per heavy atom. The Labute approximate surface area is 153 Å². The van der Waals surface area contributed by atoms with Gasteiger partial charge in [0, 0.05) is 16.7 Å². The van der Waals surface area contributed by atoms with Gasteiger partial charge in [0.15, 0.2) is 11.0 Å². The molecule has 1 amide bonds. The van der Waals surface area contributed by atoms with Crippen molar-refractivity contribution in [2.45, 2.75) is 13.8 Å². The highest BCUT2D eigenvalue weighted by molar-refractivity contribution is 9.10. The number of nitrogens with zero attached hydrogens (tertiary/aromatic N) is 3. The molecule has 1 aliphatic heterocycles. The van der Waals surface area contributed by atoms with E-state index in [4.69, 9.17) is 0 Å². The first-order valence-corrected chi connectivity index (χ1v) is 9.17. The molecule has 2 aromatic rings. The first kappa shape index (κ1) is 16.9. The summed E-state index contributed by atoms with van der Waals surface area (Å²) in [6.07, 6.45) is 1.90. The zero-order chi connectivity index (χ0) is 17.1. The van der Waals surface area contributed by atoms with Crippen LogP contribution >= 0.6 is 27.7 Å². The van der Waals surface area contributed by atoms with E-state index < -0.39 is 0 Å². The van der Waals surface area contributed by atoms with Crippen molar-refractivity contribution in [2.75, 3.05) is 6.54 Å². The summed E-state index contributed by atoms with van der Waals surface area (Å²) in [5, 5.41) is 0.668. The van der Waals surface area contributed by atoms with Crippen molar-refractivity contribution in [3.8, 4) is 0 Å². The van der Waals surface area contributed by atoms with Gasteiger partial charge in [-0.15, -0.1) is 0 Å². The van der Waals surface area contributed by atoms with Gasteiger partial charge in [0.2, 0.25) is 0 Å². The SMILES string of the molecule is CCN1C(=O)/C(=C/c2cccc(Br)c2)S/C1=N/c1cccc(C)n1. The summed E-state index contributed by atoms with van der Waals surface area (Å²) in [7, 11) is 0. The molecule has 1 aromatic heterocycles. The summed E-state index contributed by atoms with van der Waals surface area (Å²) in [6, 6.07) is 13.5. The summed E-state index contributed by atoms with van der Waals surface area (Å²) in [6.45, 7) is 4.44. The maximum atomic E-state index is 12.6. The molecule has 3 rings (SSSR count). The number of benzene rings is 1. The van der Waals surface area contributed by atoms with E-state index in [-0.39, 0.29) is 5.91 Å². The number of carbonyl (C=O) groups excluding carboxylic acids is 1. The Morgan fingerprint density at radius 1 is 1.29 bits per heavy atom. The standard InChI is InChI=1S/C18H16BrN3OS/c1-3-22-17(23)15(11-13-7-5-8-14(19)10-13)24-18(22)21-16-9-4-6-12(2)20-16/h4-11H,3H2,1-2H3/b15-11-,21-18+. The summed E-state index contributed by atoms with van der Waals surface area (Å²) in [5.74, 6) is 0.598. The highest BCUT2D eigenvalue weighted by atomic mass is 79.9. The van der Waals surface area contributed by atoms with Gasteiger partial charge in [-0.25, -0.2) is 9.98 Å². The third-order valence-electron chi connectivity index (χ3n) is 3.43. The second-order valence-electron chi connectivity index (χ2n) is 5.25. The van der Waals surface area contributed by atoms with Crippen LogP contribution in [-0.2, 0) is 4.79 Å². The Kier molecular flexibility index (Phi) is 5.16. The fourth-order valence-electron chi connectivity index (χ4n) is 2.31. The molecule has 2 heterocycles. The lowest BCUT2D eigenvalue weighted by atomic mass is 10.2. The van der Waals surface area contributed by atoms with Gasteiger partial charge in [-0.05, 0) is 61.5 Å². The fraction of sp³-hybridized carbons (Fsp3) is 0.167. The van der Waals surface area contributed by atoms with Crippen molar-refractivity contribution >= 4 is 50.7 Å². The third kappa shape index (κ3) is 3.76. The number of likely N-dealkylation sites (N-methyl/N-ethyl adjacent to an activating group) is 1. The van der Waals surface area contributed by atoms with Crippen LogP contribution in [0.1, 0.15) is 18.2 Å². The van der Waals surface area contributed by atoms with Gasteiger partial charge >= 0.3 is 0 Å². The molecule has 0 N–H and O–H groups in total. The van der Waals surface area contributed by atoms with E-state index >= 15 is 0 Å². The van der Waals surface area contributed by atoms with Crippen LogP contribution in [-0.4, -0.2) is 27.5 Å². The Bertz CT molecular complexity index is 848. The minimum absolute atomic E-state index is 0.0196. The van der Waals surface area contributed by atoms with Crippen LogP contribution in [0, 0.1) is 6.92 Å². The minimum atomic E-state index is -0.0196. The lowest BCUT2D eigenvalue weighted by molar-refractivity contribution is -0.122. The topological polar surface area (TPSA) is 45.6 Å².